The summed E-state index contributed by atoms with van der Waals surface area (Å²) in [6, 6.07) is 19.3. The number of benzene rings is 3. The van der Waals surface area contributed by atoms with Gasteiger partial charge in [-0.2, -0.15) is 0 Å². The number of unbranched alkanes of at least 4 members (excludes halogenated alkanes) is 2. The molecule has 2 saturated heterocycles. The number of methoxy groups -OCH3 is 2. The molecule has 4 aliphatic rings. The predicted molar refractivity (Wildman–Crippen MR) is 252 cm³/mol. The normalized spacial score (nSPS) is 19.5. The molecule has 4 N–H and O–H groups in total. The molecule has 3 fully saturated rings. The van der Waals surface area contributed by atoms with Crippen LogP contribution in [0.5, 0.6) is 0 Å². The van der Waals surface area contributed by atoms with Crippen LogP contribution in [0.1, 0.15) is 133 Å². The summed E-state index contributed by atoms with van der Waals surface area (Å²) < 4.78 is 9.73. The molecule has 350 valence electrons. The Balaban J connectivity index is 1.08. The first-order valence-corrected chi connectivity index (χ1v) is 23.9. The first-order valence-electron chi connectivity index (χ1n) is 23.9. The lowest BCUT2D eigenvalue weighted by atomic mass is 9.70. The van der Waals surface area contributed by atoms with E-state index in [4.69, 9.17) is 14.5 Å². The highest BCUT2D eigenvalue weighted by Crippen LogP contribution is 2.57. The van der Waals surface area contributed by atoms with Gasteiger partial charge >= 0.3 is 12.2 Å². The van der Waals surface area contributed by atoms with Crippen molar-refractivity contribution in [2.75, 3.05) is 32.6 Å². The lowest BCUT2D eigenvalue weighted by Crippen LogP contribution is -2.51. The number of hydrogen-bond donors (Lipinski definition) is 4. The topological polar surface area (TPSA) is 175 Å². The second-order valence-corrected chi connectivity index (χ2v) is 19.2. The van der Waals surface area contributed by atoms with Crippen LogP contribution in [0.25, 0.3) is 22.4 Å². The summed E-state index contributed by atoms with van der Waals surface area (Å²) in [7, 11) is 2.56. The molecule has 2 aliphatic heterocycles. The summed E-state index contributed by atoms with van der Waals surface area (Å²) in [5.74, 6) is -0.133. The predicted octanol–water partition coefficient (Wildman–Crippen LogP) is 9.18. The standard InChI is InChI=1S/C52H65N7O7/c1-7-9-22-52(23-10-8-2)38-27-34(40-30-53-45(55-40)41-17-14-26-58(41)47(61)43(32(3)4)56-49(63)65-5)18-20-36(38)37-21-19-35(28-39(37)52)54-46(60)42-29-51(24-25-51)31-59(42)48(62)44(57-50(64)66-6)33-15-12-11-13-16-33/h11-13,15-16,18-21,27-28,30,32,41-44H,7-10,14,17,22-26,29,31H2,1-6H3,(H,53,55)(H,54,60)(H,56,63)(H,57,64)/t41-,42-,43-,44+/m0/s1. The number of nitrogens with one attached hydrogen (secondary N) is 4. The van der Waals surface area contributed by atoms with Gasteiger partial charge in [0.25, 0.3) is 5.91 Å². The lowest BCUT2D eigenvalue weighted by Gasteiger charge is -2.33. The maximum absolute atomic E-state index is 14.5. The van der Waals surface area contributed by atoms with Crippen LogP contribution >= 0.6 is 0 Å². The van der Waals surface area contributed by atoms with Crippen molar-refractivity contribution in [1.82, 2.24) is 30.4 Å². The maximum atomic E-state index is 14.5. The Morgan fingerprint density at radius 3 is 2.15 bits per heavy atom. The number of likely N-dealkylation sites (tertiary alicyclic amines) is 2. The van der Waals surface area contributed by atoms with Gasteiger partial charge in [-0.25, -0.2) is 14.6 Å². The van der Waals surface area contributed by atoms with Crippen molar-refractivity contribution in [3.8, 4) is 22.4 Å². The highest BCUT2D eigenvalue weighted by Gasteiger charge is 2.56. The Bertz CT molecular complexity index is 2440. The monoisotopic (exact) mass is 899 g/mol. The number of aromatic nitrogens is 2. The van der Waals surface area contributed by atoms with Gasteiger partial charge in [-0.15, -0.1) is 0 Å². The van der Waals surface area contributed by atoms with Crippen molar-refractivity contribution in [3.05, 3.63) is 95.4 Å². The summed E-state index contributed by atoms with van der Waals surface area (Å²) in [6.45, 7) is 9.29. The first kappa shape index (κ1) is 46.4. The Hall–Kier alpha value is -6.18. The number of nitrogens with zero attached hydrogens (tertiary/aromatic N) is 3. The Labute approximate surface area is 388 Å². The maximum Gasteiger partial charge on any atom is 0.407 e. The highest BCUT2D eigenvalue weighted by molar-refractivity contribution is 6.00. The van der Waals surface area contributed by atoms with Crippen LogP contribution < -0.4 is 16.0 Å². The van der Waals surface area contributed by atoms with E-state index in [1.807, 2.05) is 49.2 Å². The molecule has 5 amide bonds. The van der Waals surface area contributed by atoms with E-state index in [-0.39, 0.29) is 40.5 Å². The number of carbonyl (C=O) groups is 5. The van der Waals surface area contributed by atoms with Gasteiger partial charge in [0, 0.05) is 24.2 Å². The van der Waals surface area contributed by atoms with Gasteiger partial charge in [0.1, 0.15) is 23.9 Å². The number of anilines is 1. The first-order chi connectivity index (χ1) is 31.8. The summed E-state index contributed by atoms with van der Waals surface area (Å²) in [5.41, 5.74) is 7.57. The number of imidazole rings is 1. The number of ether oxygens (including phenoxy) is 2. The lowest BCUT2D eigenvalue weighted by molar-refractivity contribution is -0.138. The van der Waals surface area contributed by atoms with Crippen molar-refractivity contribution in [2.24, 2.45) is 11.3 Å². The molecule has 2 aliphatic carbocycles. The molecule has 0 radical (unpaired) electrons. The Morgan fingerprint density at radius 2 is 1.50 bits per heavy atom. The molecule has 1 saturated carbocycles. The molecule has 4 aromatic rings. The summed E-state index contributed by atoms with van der Waals surface area (Å²) in [4.78, 5) is 79.4. The molecule has 14 heteroatoms. The van der Waals surface area contributed by atoms with Crippen molar-refractivity contribution in [1.29, 1.82) is 0 Å². The summed E-state index contributed by atoms with van der Waals surface area (Å²) in [5, 5.41) is 8.72. The quantitative estimate of drug-likeness (QED) is 0.0861. The van der Waals surface area contributed by atoms with Crippen LogP contribution in [-0.2, 0) is 29.3 Å². The van der Waals surface area contributed by atoms with Crippen LogP contribution in [0.2, 0.25) is 0 Å². The molecule has 3 aromatic carbocycles. The van der Waals surface area contributed by atoms with Gasteiger partial charge in [0.05, 0.1) is 32.2 Å². The molecule has 0 unspecified atom stereocenters. The zero-order valence-corrected chi connectivity index (χ0v) is 39.2. The average molecular weight is 900 g/mol. The van der Waals surface area contributed by atoms with Crippen LogP contribution in [0.4, 0.5) is 15.3 Å². The number of amides is 5. The molecule has 0 bridgehead atoms. The fourth-order valence-corrected chi connectivity index (χ4v) is 10.8. The number of fused-ring (bicyclic) bond motifs is 3. The van der Waals surface area contributed by atoms with E-state index in [1.54, 1.807) is 17.0 Å². The smallest absolute Gasteiger partial charge is 0.407 e. The van der Waals surface area contributed by atoms with E-state index in [9.17, 15) is 24.0 Å². The second-order valence-electron chi connectivity index (χ2n) is 19.2. The van der Waals surface area contributed by atoms with Gasteiger partial charge in [-0.3, -0.25) is 14.4 Å². The van der Waals surface area contributed by atoms with Gasteiger partial charge in [-0.1, -0.05) is 102 Å². The van der Waals surface area contributed by atoms with Crippen LogP contribution in [0.3, 0.4) is 0 Å². The van der Waals surface area contributed by atoms with Crippen molar-refractivity contribution < 1.29 is 33.4 Å². The summed E-state index contributed by atoms with van der Waals surface area (Å²) >= 11 is 0. The average Bonchev–Trinajstić information content (AvgIpc) is 3.73. The molecule has 14 nitrogen and oxygen atoms in total. The van der Waals surface area contributed by atoms with Gasteiger partial charge in [0.15, 0.2) is 0 Å². The molecule has 1 aromatic heterocycles. The molecular weight excluding hydrogens is 835 g/mol. The fourth-order valence-electron chi connectivity index (χ4n) is 10.8. The Morgan fingerprint density at radius 1 is 0.833 bits per heavy atom. The number of carbonyl (C=O) groups excluding carboxylic acids is 5. The van der Waals surface area contributed by atoms with E-state index in [1.165, 1.54) is 30.9 Å². The molecule has 8 rings (SSSR count). The van der Waals surface area contributed by atoms with Gasteiger partial charge < -0.3 is 40.2 Å². The fraction of sp³-hybridized carbons (Fsp3) is 0.500. The molecule has 3 heterocycles. The third-order valence-corrected chi connectivity index (χ3v) is 14.6. The molecule has 1 spiro atoms. The van der Waals surface area contributed by atoms with Crippen LogP contribution in [0.15, 0.2) is 72.9 Å². The van der Waals surface area contributed by atoms with Gasteiger partial charge in [-0.05, 0) is 108 Å². The Kier molecular flexibility index (Phi) is 13.6. The third kappa shape index (κ3) is 9.02. The van der Waals surface area contributed by atoms with E-state index in [2.05, 4.69) is 65.1 Å². The SMILES string of the molecule is CCCCC1(CCCC)c2cc(NC(=O)[C@@H]3CC4(CC4)CN3C(=O)[C@H](NC(=O)OC)c3ccccc3)ccc2-c2ccc(-c3cnc([C@@H]4CCCN4C(=O)[C@@H](NC(=O)OC)C(C)C)[nH]3)cc21. The van der Waals surface area contributed by atoms with Gasteiger partial charge in [0.2, 0.25) is 11.8 Å². The van der Waals surface area contributed by atoms with E-state index >= 15 is 0 Å². The molecule has 66 heavy (non-hydrogen) atoms. The van der Waals surface area contributed by atoms with E-state index in [0.29, 0.717) is 36.6 Å². The number of alkyl carbamates (subject to hydrolysis) is 2. The number of hydrogen-bond acceptors (Lipinski definition) is 8. The molecular formula is C52H65N7O7. The zero-order chi connectivity index (χ0) is 46.8. The summed E-state index contributed by atoms with van der Waals surface area (Å²) in [6.07, 6.45) is 10.5. The van der Waals surface area contributed by atoms with E-state index < -0.39 is 30.3 Å². The van der Waals surface area contributed by atoms with Crippen molar-refractivity contribution >= 4 is 35.6 Å². The van der Waals surface area contributed by atoms with Crippen LogP contribution in [0, 0.1) is 11.3 Å². The van der Waals surface area contributed by atoms with Crippen LogP contribution in [-0.4, -0.2) is 89.1 Å². The highest BCUT2D eigenvalue weighted by atomic mass is 16.5. The van der Waals surface area contributed by atoms with E-state index in [0.717, 1.165) is 81.0 Å². The second kappa shape index (κ2) is 19.3. The number of rotatable bonds is 16. The zero-order valence-electron chi connectivity index (χ0n) is 39.2. The largest absolute Gasteiger partial charge is 0.453 e. The number of aromatic amines is 1. The molecule has 4 atom stereocenters. The minimum atomic E-state index is -1.00. The third-order valence-electron chi connectivity index (χ3n) is 14.6. The van der Waals surface area contributed by atoms with Crippen molar-refractivity contribution in [3.63, 3.8) is 0 Å². The minimum Gasteiger partial charge on any atom is -0.453 e. The number of H-pyrrole nitrogens is 1. The minimum absolute atomic E-state index is 0.0969. The van der Waals surface area contributed by atoms with Crippen molar-refractivity contribution in [2.45, 2.75) is 128 Å².